The van der Waals surface area contributed by atoms with Crippen LogP contribution in [0.3, 0.4) is 0 Å². The highest BCUT2D eigenvalue weighted by molar-refractivity contribution is 5.15. The third-order valence-corrected chi connectivity index (χ3v) is 2.52. The molecule has 0 saturated carbocycles. The summed E-state index contributed by atoms with van der Waals surface area (Å²) in [5.74, 6) is 0. The molecule has 0 spiro atoms. The van der Waals surface area contributed by atoms with Crippen LogP contribution in [-0.4, -0.2) is 41.7 Å². The molecule has 1 aromatic rings. The second-order valence-electron chi connectivity index (χ2n) is 4.03. The molecule has 0 aliphatic heterocycles. The number of alkyl halides is 3. The van der Waals surface area contributed by atoms with Gasteiger partial charge >= 0.3 is 6.18 Å². The fourth-order valence-corrected chi connectivity index (χ4v) is 1.49. The summed E-state index contributed by atoms with van der Waals surface area (Å²) >= 11 is 0. The summed E-state index contributed by atoms with van der Waals surface area (Å²) in [7, 11) is 0. The first-order valence-corrected chi connectivity index (χ1v) is 5.56. The Morgan fingerprint density at radius 2 is 1.78 bits per heavy atom. The Kier molecular flexibility index (Phi) is 5.58. The number of hydrogen-bond donors (Lipinski definition) is 3. The second-order valence-corrected chi connectivity index (χ2v) is 4.03. The molecule has 3 nitrogen and oxygen atoms in total. The van der Waals surface area contributed by atoms with Crippen LogP contribution < -0.4 is 5.32 Å². The Morgan fingerprint density at radius 1 is 1.17 bits per heavy atom. The Morgan fingerprint density at radius 3 is 2.28 bits per heavy atom. The van der Waals surface area contributed by atoms with E-state index in [9.17, 15) is 13.2 Å². The third-order valence-electron chi connectivity index (χ3n) is 2.52. The van der Waals surface area contributed by atoms with Crippen LogP contribution in [0, 0.1) is 0 Å². The summed E-state index contributed by atoms with van der Waals surface area (Å²) in [4.78, 5) is 0. The van der Waals surface area contributed by atoms with Crippen LogP contribution in [0.2, 0.25) is 0 Å². The van der Waals surface area contributed by atoms with Gasteiger partial charge in [-0.1, -0.05) is 30.3 Å². The Labute approximate surface area is 103 Å². The summed E-state index contributed by atoms with van der Waals surface area (Å²) in [6, 6.07) is 8.60. The van der Waals surface area contributed by atoms with E-state index in [-0.39, 0.29) is 6.61 Å². The molecule has 1 aromatic carbocycles. The van der Waals surface area contributed by atoms with Gasteiger partial charge in [-0.05, 0) is 12.0 Å². The molecule has 0 amide bonds. The van der Waals surface area contributed by atoms with Crippen molar-refractivity contribution in [1.29, 1.82) is 0 Å². The zero-order chi connectivity index (χ0) is 13.6. The van der Waals surface area contributed by atoms with Gasteiger partial charge in [-0.3, -0.25) is 0 Å². The third kappa shape index (κ3) is 5.03. The average Bonchev–Trinajstić information content (AvgIpc) is 2.34. The summed E-state index contributed by atoms with van der Waals surface area (Å²) in [5, 5.41) is 20.4. The van der Waals surface area contributed by atoms with E-state index in [4.69, 9.17) is 10.2 Å². The van der Waals surface area contributed by atoms with E-state index in [0.717, 1.165) is 5.56 Å². The van der Waals surface area contributed by atoms with Crippen molar-refractivity contribution >= 4 is 0 Å². The van der Waals surface area contributed by atoms with Gasteiger partial charge in [-0.15, -0.1) is 0 Å². The van der Waals surface area contributed by atoms with Crippen molar-refractivity contribution in [3.8, 4) is 0 Å². The molecule has 0 aliphatic rings. The molecule has 3 N–H and O–H groups in total. The fraction of sp³-hybridized carbons (Fsp3) is 0.500. The van der Waals surface area contributed by atoms with Gasteiger partial charge in [0.05, 0.1) is 6.61 Å². The van der Waals surface area contributed by atoms with Crippen LogP contribution in [0.1, 0.15) is 5.56 Å². The van der Waals surface area contributed by atoms with E-state index in [1.807, 2.05) is 30.3 Å². The smallest absolute Gasteiger partial charge is 0.395 e. The predicted octanol–water partition coefficient (Wildman–Crippen LogP) is 1.10. The summed E-state index contributed by atoms with van der Waals surface area (Å²) in [6.45, 7) is -0.916. The zero-order valence-corrected chi connectivity index (χ0v) is 9.69. The quantitative estimate of drug-likeness (QED) is 0.720. The number of aliphatic hydroxyl groups is 2. The SMILES string of the molecule is OC[C@@H](Cc1ccccc1)NC[C@H](O)C(F)(F)F. The zero-order valence-electron chi connectivity index (χ0n) is 9.69. The van der Waals surface area contributed by atoms with Gasteiger partial charge in [0.1, 0.15) is 0 Å². The molecule has 0 saturated heterocycles. The molecule has 0 heterocycles. The number of aliphatic hydroxyl groups excluding tert-OH is 2. The number of benzene rings is 1. The first kappa shape index (κ1) is 14.9. The summed E-state index contributed by atoms with van der Waals surface area (Å²) in [6.07, 6.45) is -6.65. The van der Waals surface area contributed by atoms with E-state index in [2.05, 4.69) is 5.32 Å². The molecule has 2 atom stereocenters. The predicted molar refractivity (Wildman–Crippen MR) is 61.1 cm³/mol. The van der Waals surface area contributed by atoms with Crippen molar-refractivity contribution in [1.82, 2.24) is 5.32 Å². The lowest BCUT2D eigenvalue weighted by atomic mass is 10.1. The summed E-state index contributed by atoms with van der Waals surface area (Å²) < 4.78 is 36.2. The lowest BCUT2D eigenvalue weighted by molar-refractivity contribution is -0.202. The largest absolute Gasteiger partial charge is 0.415 e. The fourth-order valence-electron chi connectivity index (χ4n) is 1.49. The van der Waals surface area contributed by atoms with Gasteiger partial charge in [-0.25, -0.2) is 0 Å². The van der Waals surface area contributed by atoms with Crippen LogP contribution in [0.4, 0.5) is 13.2 Å². The number of rotatable bonds is 6. The van der Waals surface area contributed by atoms with Gasteiger partial charge in [-0.2, -0.15) is 13.2 Å². The molecule has 0 bridgehead atoms. The van der Waals surface area contributed by atoms with E-state index in [1.54, 1.807) is 0 Å². The van der Waals surface area contributed by atoms with Crippen LogP contribution in [0.25, 0.3) is 0 Å². The number of halogens is 3. The molecule has 0 radical (unpaired) electrons. The van der Waals surface area contributed by atoms with Gasteiger partial charge in [0, 0.05) is 12.6 Å². The molecule has 1 rings (SSSR count). The van der Waals surface area contributed by atoms with Crippen molar-refractivity contribution in [3.63, 3.8) is 0 Å². The minimum Gasteiger partial charge on any atom is -0.395 e. The van der Waals surface area contributed by atoms with E-state index in [0.29, 0.717) is 6.42 Å². The highest BCUT2D eigenvalue weighted by Crippen LogP contribution is 2.19. The molecule has 102 valence electrons. The highest BCUT2D eigenvalue weighted by Gasteiger charge is 2.38. The molecule has 0 fully saturated rings. The maximum atomic E-state index is 12.1. The second kappa shape index (κ2) is 6.72. The van der Waals surface area contributed by atoms with E-state index >= 15 is 0 Å². The van der Waals surface area contributed by atoms with Crippen molar-refractivity contribution in [2.45, 2.75) is 24.7 Å². The van der Waals surface area contributed by atoms with Crippen molar-refractivity contribution in [2.24, 2.45) is 0 Å². The normalized spacial score (nSPS) is 15.4. The maximum absolute atomic E-state index is 12.1. The number of nitrogens with one attached hydrogen (secondary N) is 1. The van der Waals surface area contributed by atoms with Gasteiger partial charge in [0.2, 0.25) is 0 Å². The van der Waals surface area contributed by atoms with Crippen LogP contribution in [-0.2, 0) is 6.42 Å². The summed E-state index contributed by atoms with van der Waals surface area (Å²) in [5.41, 5.74) is 0.908. The average molecular weight is 263 g/mol. The minimum absolute atomic E-state index is 0.292. The Balaban J connectivity index is 2.43. The molecule has 18 heavy (non-hydrogen) atoms. The van der Waals surface area contributed by atoms with Crippen molar-refractivity contribution in [2.75, 3.05) is 13.2 Å². The minimum atomic E-state index is -4.64. The molecule has 0 unspecified atom stereocenters. The monoisotopic (exact) mass is 263 g/mol. The van der Waals surface area contributed by atoms with Crippen molar-refractivity contribution < 1.29 is 23.4 Å². The van der Waals surface area contributed by atoms with E-state index in [1.165, 1.54) is 0 Å². The maximum Gasteiger partial charge on any atom is 0.415 e. The van der Waals surface area contributed by atoms with Crippen LogP contribution >= 0.6 is 0 Å². The van der Waals surface area contributed by atoms with E-state index < -0.39 is 24.9 Å². The Hall–Kier alpha value is -1.11. The van der Waals surface area contributed by atoms with Crippen LogP contribution in [0.15, 0.2) is 30.3 Å². The first-order valence-electron chi connectivity index (χ1n) is 5.56. The topological polar surface area (TPSA) is 52.5 Å². The molecule has 0 aliphatic carbocycles. The number of hydrogen-bond acceptors (Lipinski definition) is 3. The standard InChI is InChI=1S/C12H16F3NO2/c13-12(14,15)11(18)7-16-10(8-17)6-9-4-2-1-3-5-9/h1-5,10-11,16-18H,6-8H2/t10-,11+/m1/s1. The van der Waals surface area contributed by atoms with Gasteiger partial charge in [0.15, 0.2) is 6.10 Å². The molecular formula is C12H16F3NO2. The van der Waals surface area contributed by atoms with Gasteiger partial charge < -0.3 is 15.5 Å². The van der Waals surface area contributed by atoms with Crippen molar-refractivity contribution in [3.05, 3.63) is 35.9 Å². The van der Waals surface area contributed by atoms with Crippen LogP contribution in [0.5, 0.6) is 0 Å². The first-order chi connectivity index (χ1) is 8.43. The highest BCUT2D eigenvalue weighted by atomic mass is 19.4. The Bertz CT molecular complexity index is 343. The lowest BCUT2D eigenvalue weighted by Gasteiger charge is -2.20. The van der Waals surface area contributed by atoms with Gasteiger partial charge in [0.25, 0.3) is 0 Å². The molecular weight excluding hydrogens is 247 g/mol. The molecule has 6 heteroatoms. The lowest BCUT2D eigenvalue weighted by Crippen LogP contribution is -2.44. The molecule has 0 aromatic heterocycles.